The number of hydrogen-bond acceptors (Lipinski definition) is 3. The molecule has 2 aromatic rings. The van der Waals surface area contributed by atoms with Gasteiger partial charge >= 0.3 is 6.18 Å². The number of benzene rings is 1. The molecule has 100 valence electrons. The first kappa shape index (κ1) is 13.4. The summed E-state index contributed by atoms with van der Waals surface area (Å²) in [5.74, 6) is -1.38. The quantitative estimate of drug-likeness (QED) is 0.855. The third kappa shape index (κ3) is 2.87. The molecular weight excluding hydrogens is 264 g/mol. The lowest BCUT2D eigenvalue weighted by atomic mass is 10.0. The van der Waals surface area contributed by atoms with Crippen molar-refractivity contribution in [1.82, 2.24) is 9.97 Å². The highest BCUT2D eigenvalue weighted by Crippen LogP contribution is 2.33. The maximum atomic E-state index is 13.1. The molecule has 1 aromatic heterocycles. The summed E-state index contributed by atoms with van der Waals surface area (Å²) in [6.45, 7) is 0. The van der Waals surface area contributed by atoms with Crippen molar-refractivity contribution in [3.63, 3.8) is 0 Å². The third-order valence-corrected chi connectivity index (χ3v) is 2.51. The van der Waals surface area contributed by atoms with Crippen LogP contribution in [0.2, 0.25) is 0 Å². The van der Waals surface area contributed by atoms with Gasteiger partial charge in [-0.15, -0.1) is 0 Å². The number of hydrogen-bond donors (Lipinski definition) is 1. The number of halogens is 4. The molecule has 0 aliphatic carbocycles. The summed E-state index contributed by atoms with van der Waals surface area (Å²) in [5.41, 5.74) is -1.27. The molecule has 0 bridgehead atoms. The zero-order valence-electron chi connectivity index (χ0n) is 9.39. The predicted octanol–water partition coefficient (Wildman–Crippen LogP) is 2.72. The van der Waals surface area contributed by atoms with Gasteiger partial charge in [0.2, 0.25) is 0 Å². The van der Waals surface area contributed by atoms with Crippen molar-refractivity contribution in [2.75, 3.05) is 0 Å². The summed E-state index contributed by atoms with van der Waals surface area (Å²) in [6, 6.07) is 2.33. The van der Waals surface area contributed by atoms with E-state index < -0.39 is 23.7 Å². The van der Waals surface area contributed by atoms with E-state index >= 15 is 0 Å². The Labute approximate surface area is 105 Å². The molecule has 7 heteroatoms. The number of aliphatic hydroxyl groups is 1. The zero-order chi connectivity index (χ0) is 14.0. The SMILES string of the molecule is OC(c1cncnc1)c1ccc(F)c(C(F)(F)F)c1. The van der Waals surface area contributed by atoms with E-state index in [0.29, 0.717) is 12.1 Å². The van der Waals surface area contributed by atoms with Crippen molar-refractivity contribution in [1.29, 1.82) is 0 Å². The summed E-state index contributed by atoms with van der Waals surface area (Å²) >= 11 is 0. The van der Waals surface area contributed by atoms with E-state index in [0.717, 1.165) is 6.07 Å². The highest BCUT2D eigenvalue weighted by atomic mass is 19.4. The van der Waals surface area contributed by atoms with Gasteiger partial charge in [-0.05, 0) is 17.7 Å². The second-order valence-electron chi connectivity index (χ2n) is 3.81. The number of rotatable bonds is 2. The molecule has 2 rings (SSSR count). The van der Waals surface area contributed by atoms with E-state index in [-0.39, 0.29) is 11.1 Å². The molecule has 1 aromatic carbocycles. The average molecular weight is 272 g/mol. The molecule has 0 amide bonds. The summed E-state index contributed by atoms with van der Waals surface area (Å²) in [7, 11) is 0. The van der Waals surface area contributed by atoms with Crippen LogP contribution in [0.25, 0.3) is 0 Å². The van der Waals surface area contributed by atoms with Gasteiger partial charge in [-0.3, -0.25) is 0 Å². The number of nitrogens with zero attached hydrogens (tertiary/aromatic N) is 2. The second-order valence-corrected chi connectivity index (χ2v) is 3.81. The van der Waals surface area contributed by atoms with E-state index in [1.807, 2.05) is 0 Å². The Hall–Kier alpha value is -2.02. The molecule has 0 aliphatic heterocycles. The predicted molar refractivity (Wildman–Crippen MR) is 57.5 cm³/mol. The van der Waals surface area contributed by atoms with E-state index in [1.54, 1.807) is 0 Å². The van der Waals surface area contributed by atoms with Gasteiger partial charge in [0.05, 0.1) is 5.56 Å². The van der Waals surface area contributed by atoms with Crippen molar-refractivity contribution < 1.29 is 22.7 Å². The minimum absolute atomic E-state index is 0.0801. The van der Waals surface area contributed by atoms with Gasteiger partial charge in [0.1, 0.15) is 18.2 Å². The monoisotopic (exact) mass is 272 g/mol. The highest BCUT2D eigenvalue weighted by Gasteiger charge is 2.34. The molecule has 1 heterocycles. The summed E-state index contributed by atoms with van der Waals surface area (Å²) in [6.07, 6.45) is -2.39. The molecule has 1 unspecified atom stereocenters. The van der Waals surface area contributed by atoms with E-state index in [1.165, 1.54) is 18.7 Å². The molecular formula is C12H8F4N2O. The Kier molecular flexibility index (Phi) is 3.48. The lowest BCUT2D eigenvalue weighted by Crippen LogP contribution is -2.10. The molecule has 0 saturated carbocycles. The van der Waals surface area contributed by atoms with Crippen molar-refractivity contribution in [2.45, 2.75) is 12.3 Å². The zero-order valence-corrected chi connectivity index (χ0v) is 9.39. The van der Waals surface area contributed by atoms with Crippen molar-refractivity contribution in [2.24, 2.45) is 0 Å². The molecule has 19 heavy (non-hydrogen) atoms. The molecule has 0 aliphatic rings. The maximum Gasteiger partial charge on any atom is 0.419 e. The summed E-state index contributed by atoms with van der Waals surface area (Å²) in [5, 5.41) is 9.90. The Balaban J connectivity index is 2.42. The molecule has 1 N–H and O–H groups in total. The Bertz CT molecular complexity index is 572. The van der Waals surface area contributed by atoms with E-state index in [2.05, 4.69) is 9.97 Å². The normalized spacial score (nSPS) is 13.3. The molecule has 0 spiro atoms. The van der Waals surface area contributed by atoms with Crippen LogP contribution in [0, 0.1) is 5.82 Å². The molecule has 3 nitrogen and oxygen atoms in total. The van der Waals surface area contributed by atoms with Crippen molar-refractivity contribution in [3.8, 4) is 0 Å². The van der Waals surface area contributed by atoms with E-state index in [4.69, 9.17) is 0 Å². The molecule has 1 atom stereocenters. The summed E-state index contributed by atoms with van der Waals surface area (Å²) < 4.78 is 50.7. The van der Waals surface area contributed by atoms with Crippen LogP contribution >= 0.6 is 0 Å². The Morgan fingerprint density at radius 3 is 2.26 bits per heavy atom. The van der Waals surface area contributed by atoms with Crippen LogP contribution in [0.15, 0.2) is 36.9 Å². The maximum absolute atomic E-state index is 13.1. The van der Waals surface area contributed by atoms with Gasteiger partial charge in [0, 0.05) is 18.0 Å². The fraction of sp³-hybridized carbons (Fsp3) is 0.167. The van der Waals surface area contributed by atoms with Gasteiger partial charge in [0.25, 0.3) is 0 Å². The number of aliphatic hydroxyl groups excluding tert-OH is 1. The average Bonchev–Trinajstić information content (AvgIpc) is 2.38. The van der Waals surface area contributed by atoms with E-state index in [9.17, 15) is 22.7 Å². The topological polar surface area (TPSA) is 46.0 Å². The fourth-order valence-corrected chi connectivity index (χ4v) is 1.57. The van der Waals surface area contributed by atoms with Crippen LogP contribution in [0.3, 0.4) is 0 Å². The standard InChI is InChI=1S/C12H8F4N2O/c13-10-2-1-7(3-9(10)12(14,15)16)11(19)8-4-17-6-18-5-8/h1-6,11,19H. The van der Waals surface area contributed by atoms with Gasteiger partial charge in [0.15, 0.2) is 0 Å². The van der Waals surface area contributed by atoms with Crippen molar-refractivity contribution in [3.05, 3.63) is 59.4 Å². The minimum atomic E-state index is -4.81. The first-order chi connectivity index (χ1) is 8.89. The van der Waals surface area contributed by atoms with Crippen LogP contribution in [0.1, 0.15) is 22.8 Å². The Morgan fingerprint density at radius 2 is 1.68 bits per heavy atom. The van der Waals surface area contributed by atoms with Crippen LogP contribution in [0.4, 0.5) is 17.6 Å². The third-order valence-electron chi connectivity index (χ3n) is 2.51. The molecule has 0 fully saturated rings. The van der Waals surface area contributed by atoms with Crippen molar-refractivity contribution >= 4 is 0 Å². The van der Waals surface area contributed by atoms with Crippen LogP contribution in [-0.2, 0) is 6.18 Å². The van der Waals surface area contributed by atoms with Gasteiger partial charge in [-0.2, -0.15) is 13.2 Å². The van der Waals surface area contributed by atoms with Gasteiger partial charge in [-0.1, -0.05) is 6.07 Å². The first-order valence-corrected chi connectivity index (χ1v) is 5.19. The van der Waals surface area contributed by atoms with Crippen LogP contribution in [-0.4, -0.2) is 15.1 Å². The lowest BCUT2D eigenvalue weighted by Gasteiger charge is -2.14. The van der Waals surface area contributed by atoms with Crippen LogP contribution < -0.4 is 0 Å². The summed E-state index contributed by atoms with van der Waals surface area (Å²) in [4.78, 5) is 7.31. The largest absolute Gasteiger partial charge is 0.419 e. The highest BCUT2D eigenvalue weighted by molar-refractivity contribution is 5.32. The van der Waals surface area contributed by atoms with Gasteiger partial charge in [-0.25, -0.2) is 14.4 Å². The first-order valence-electron chi connectivity index (χ1n) is 5.19. The van der Waals surface area contributed by atoms with Gasteiger partial charge < -0.3 is 5.11 Å². The van der Waals surface area contributed by atoms with Crippen LogP contribution in [0.5, 0.6) is 0 Å². The number of aromatic nitrogens is 2. The smallest absolute Gasteiger partial charge is 0.384 e. The lowest BCUT2D eigenvalue weighted by molar-refractivity contribution is -0.140. The minimum Gasteiger partial charge on any atom is -0.384 e. The molecule has 0 radical (unpaired) electrons. The Morgan fingerprint density at radius 1 is 1.05 bits per heavy atom. The number of alkyl halides is 3. The second kappa shape index (κ2) is 4.93. The molecule has 0 saturated heterocycles. The fourth-order valence-electron chi connectivity index (χ4n) is 1.57.